The molecule has 2 aromatic carbocycles. The van der Waals surface area contributed by atoms with Gasteiger partial charge in [0.25, 0.3) is 5.91 Å². The second-order valence-corrected chi connectivity index (χ2v) is 9.35. The Bertz CT molecular complexity index is 1240. The van der Waals surface area contributed by atoms with Crippen LogP contribution in [0.1, 0.15) is 61.8 Å². The molecule has 3 aromatic rings. The van der Waals surface area contributed by atoms with Gasteiger partial charge in [-0.15, -0.1) is 0 Å². The summed E-state index contributed by atoms with van der Waals surface area (Å²) in [6, 6.07) is 14.2. The molecule has 1 N–H and O–H groups in total. The van der Waals surface area contributed by atoms with Crippen LogP contribution in [0.2, 0.25) is 0 Å². The number of aliphatic hydroxyl groups excluding tert-OH is 1. The van der Waals surface area contributed by atoms with Gasteiger partial charge < -0.3 is 19.2 Å². The zero-order valence-corrected chi connectivity index (χ0v) is 19.6. The minimum absolute atomic E-state index is 0.0307. The van der Waals surface area contributed by atoms with Crippen LogP contribution >= 0.6 is 0 Å². The summed E-state index contributed by atoms with van der Waals surface area (Å²) < 4.78 is 11.2. The van der Waals surface area contributed by atoms with Gasteiger partial charge in [-0.3, -0.25) is 9.59 Å². The third kappa shape index (κ3) is 3.90. The standard InChI is InChI=1S/C27H29NO5/c1-6-14-28-22(16-10-12-18(13-11-16)27(2,3)4)21(24(30)26(28)31)23(29)20-15-17-8-7-9-19(32-5)25(17)33-20/h7-13,15,22,30H,6,14H2,1-5H3. The topological polar surface area (TPSA) is 80.0 Å². The number of para-hydroxylation sites is 1. The molecule has 1 aliphatic heterocycles. The largest absolute Gasteiger partial charge is 0.503 e. The van der Waals surface area contributed by atoms with Gasteiger partial charge in [0.05, 0.1) is 18.7 Å². The average molecular weight is 448 g/mol. The van der Waals surface area contributed by atoms with E-state index in [1.54, 1.807) is 17.0 Å². The summed E-state index contributed by atoms with van der Waals surface area (Å²) in [4.78, 5) is 28.1. The molecule has 2 heterocycles. The molecule has 0 fully saturated rings. The summed E-state index contributed by atoms with van der Waals surface area (Å²) in [7, 11) is 1.53. The molecule has 1 aliphatic rings. The fraction of sp³-hybridized carbons (Fsp3) is 0.333. The average Bonchev–Trinajstić information content (AvgIpc) is 3.33. The second kappa shape index (κ2) is 8.43. The van der Waals surface area contributed by atoms with Crippen molar-refractivity contribution in [2.24, 2.45) is 0 Å². The predicted octanol–water partition coefficient (Wildman–Crippen LogP) is 5.73. The molecule has 0 aliphatic carbocycles. The van der Waals surface area contributed by atoms with Gasteiger partial charge in [0.15, 0.2) is 22.9 Å². The molecule has 0 bridgehead atoms. The van der Waals surface area contributed by atoms with E-state index >= 15 is 0 Å². The van der Waals surface area contributed by atoms with E-state index in [0.29, 0.717) is 29.7 Å². The summed E-state index contributed by atoms with van der Waals surface area (Å²) in [6.07, 6.45) is 0.693. The summed E-state index contributed by atoms with van der Waals surface area (Å²) in [5, 5.41) is 11.5. The lowest BCUT2D eigenvalue weighted by Gasteiger charge is -2.27. The van der Waals surface area contributed by atoms with Crippen molar-refractivity contribution in [3.8, 4) is 5.75 Å². The van der Waals surface area contributed by atoms with Crippen molar-refractivity contribution < 1.29 is 23.8 Å². The van der Waals surface area contributed by atoms with Crippen molar-refractivity contribution >= 4 is 22.7 Å². The van der Waals surface area contributed by atoms with E-state index in [1.807, 2.05) is 43.3 Å². The first-order chi connectivity index (χ1) is 15.7. The highest BCUT2D eigenvalue weighted by Crippen LogP contribution is 2.40. The van der Waals surface area contributed by atoms with Crippen LogP contribution in [0.3, 0.4) is 0 Å². The van der Waals surface area contributed by atoms with Crippen molar-refractivity contribution in [3.05, 3.63) is 76.8 Å². The lowest BCUT2D eigenvalue weighted by atomic mass is 9.85. The Morgan fingerprint density at radius 2 is 1.85 bits per heavy atom. The Kier molecular flexibility index (Phi) is 5.78. The zero-order chi connectivity index (χ0) is 23.9. The van der Waals surface area contributed by atoms with Gasteiger partial charge >= 0.3 is 0 Å². The van der Waals surface area contributed by atoms with Gasteiger partial charge in [-0.05, 0) is 35.1 Å². The molecule has 1 atom stereocenters. The van der Waals surface area contributed by atoms with Crippen LogP contribution < -0.4 is 4.74 Å². The van der Waals surface area contributed by atoms with E-state index in [4.69, 9.17) is 9.15 Å². The number of carbonyl (C=O) groups excluding carboxylic acids is 2. The number of fused-ring (bicyclic) bond motifs is 1. The molecule has 1 amide bonds. The molecule has 6 heteroatoms. The van der Waals surface area contributed by atoms with Crippen molar-refractivity contribution in [1.29, 1.82) is 0 Å². The summed E-state index contributed by atoms with van der Waals surface area (Å²) in [5.41, 5.74) is 2.37. The quantitative estimate of drug-likeness (QED) is 0.488. The minimum atomic E-state index is -0.686. The molecule has 172 valence electrons. The number of hydrogen-bond donors (Lipinski definition) is 1. The number of furan rings is 1. The number of ketones is 1. The number of Topliss-reactive ketones (excluding diaryl/α,β-unsaturated/α-hetero) is 1. The van der Waals surface area contributed by atoms with Crippen LogP contribution in [-0.2, 0) is 10.2 Å². The molecule has 33 heavy (non-hydrogen) atoms. The monoisotopic (exact) mass is 447 g/mol. The number of amides is 1. The number of nitrogens with zero attached hydrogens (tertiary/aromatic N) is 1. The van der Waals surface area contributed by atoms with Gasteiger partial charge in [0.1, 0.15) is 0 Å². The Labute approximate surface area is 193 Å². The van der Waals surface area contributed by atoms with E-state index in [-0.39, 0.29) is 16.7 Å². The maximum absolute atomic E-state index is 13.6. The lowest BCUT2D eigenvalue weighted by molar-refractivity contribution is -0.129. The molecule has 0 saturated carbocycles. The zero-order valence-electron chi connectivity index (χ0n) is 19.6. The molecule has 1 aromatic heterocycles. The smallest absolute Gasteiger partial charge is 0.290 e. The maximum Gasteiger partial charge on any atom is 0.290 e. The van der Waals surface area contributed by atoms with Crippen LogP contribution in [0, 0.1) is 0 Å². The van der Waals surface area contributed by atoms with Crippen LogP contribution in [-0.4, -0.2) is 35.4 Å². The van der Waals surface area contributed by atoms with Gasteiger partial charge in [-0.25, -0.2) is 0 Å². The fourth-order valence-electron chi connectivity index (χ4n) is 4.31. The van der Waals surface area contributed by atoms with Crippen molar-refractivity contribution in [2.45, 2.75) is 45.6 Å². The first-order valence-corrected chi connectivity index (χ1v) is 11.1. The number of aliphatic hydroxyl groups is 1. The molecule has 0 spiro atoms. The summed E-state index contributed by atoms with van der Waals surface area (Å²) in [6.45, 7) is 8.75. The van der Waals surface area contributed by atoms with Gasteiger partial charge in [-0.2, -0.15) is 0 Å². The van der Waals surface area contributed by atoms with E-state index in [1.165, 1.54) is 7.11 Å². The fourth-order valence-corrected chi connectivity index (χ4v) is 4.31. The predicted molar refractivity (Wildman–Crippen MR) is 127 cm³/mol. The third-order valence-electron chi connectivity index (χ3n) is 6.06. The second-order valence-electron chi connectivity index (χ2n) is 9.35. The van der Waals surface area contributed by atoms with E-state index in [9.17, 15) is 14.7 Å². The van der Waals surface area contributed by atoms with E-state index in [2.05, 4.69) is 20.8 Å². The Morgan fingerprint density at radius 1 is 1.15 bits per heavy atom. The molecule has 1 unspecified atom stereocenters. The normalized spacial score (nSPS) is 16.7. The molecule has 0 radical (unpaired) electrons. The minimum Gasteiger partial charge on any atom is -0.503 e. The van der Waals surface area contributed by atoms with Gasteiger partial charge in [-0.1, -0.05) is 64.1 Å². The molecule has 0 saturated heterocycles. The Morgan fingerprint density at radius 3 is 2.45 bits per heavy atom. The number of benzene rings is 2. The first kappa shape index (κ1) is 22.6. The number of carbonyl (C=O) groups is 2. The van der Waals surface area contributed by atoms with Gasteiger partial charge in [0, 0.05) is 11.9 Å². The highest BCUT2D eigenvalue weighted by atomic mass is 16.5. The SMILES string of the molecule is CCCN1C(=O)C(O)=C(C(=O)c2cc3cccc(OC)c3o2)C1c1ccc(C(C)(C)C)cc1. The van der Waals surface area contributed by atoms with E-state index in [0.717, 1.165) is 11.1 Å². The molecule has 4 rings (SSSR count). The number of rotatable bonds is 6. The lowest BCUT2D eigenvalue weighted by Crippen LogP contribution is -2.31. The van der Waals surface area contributed by atoms with Crippen molar-refractivity contribution in [3.63, 3.8) is 0 Å². The van der Waals surface area contributed by atoms with Gasteiger partial charge in [0.2, 0.25) is 5.78 Å². The first-order valence-electron chi connectivity index (χ1n) is 11.1. The Hall–Kier alpha value is -3.54. The number of hydrogen-bond acceptors (Lipinski definition) is 5. The summed E-state index contributed by atoms with van der Waals surface area (Å²) in [5.74, 6) is -1.01. The van der Waals surface area contributed by atoms with Crippen LogP contribution in [0.25, 0.3) is 11.0 Å². The van der Waals surface area contributed by atoms with Crippen LogP contribution in [0.5, 0.6) is 5.75 Å². The maximum atomic E-state index is 13.6. The number of methoxy groups -OCH3 is 1. The van der Waals surface area contributed by atoms with Crippen LogP contribution in [0.15, 0.2) is 64.3 Å². The molecular formula is C27H29NO5. The molecular weight excluding hydrogens is 418 g/mol. The van der Waals surface area contributed by atoms with Crippen molar-refractivity contribution in [2.75, 3.05) is 13.7 Å². The summed E-state index contributed by atoms with van der Waals surface area (Å²) >= 11 is 0. The van der Waals surface area contributed by atoms with Crippen molar-refractivity contribution in [1.82, 2.24) is 4.90 Å². The highest BCUT2D eigenvalue weighted by molar-refractivity contribution is 6.16. The van der Waals surface area contributed by atoms with Crippen LogP contribution in [0.4, 0.5) is 0 Å². The van der Waals surface area contributed by atoms with E-state index < -0.39 is 23.5 Å². The highest BCUT2D eigenvalue weighted by Gasteiger charge is 2.44. The number of ether oxygens (including phenoxy) is 1. The molecule has 6 nitrogen and oxygen atoms in total. The third-order valence-corrected chi connectivity index (χ3v) is 6.06. The Balaban J connectivity index is 1.80.